The first-order chi connectivity index (χ1) is 13.7. The highest BCUT2D eigenvalue weighted by Gasteiger charge is 2.19. The standard InChI is InChI=1S/C22H16N2O4/c25-21(27-23-19-13-5-9-15-7-1-3-11-17(15)19)22(26)28-24-20-14-6-10-16-8-2-4-12-18(16)20/h1-14,23-24H. The van der Waals surface area contributed by atoms with Crippen LogP contribution in [0, 0.1) is 0 Å². The van der Waals surface area contributed by atoms with Gasteiger partial charge in [-0.2, -0.15) is 0 Å². The van der Waals surface area contributed by atoms with Gasteiger partial charge in [0.2, 0.25) is 0 Å². The largest absolute Gasteiger partial charge is 0.443 e. The zero-order valence-electron chi connectivity index (χ0n) is 14.7. The summed E-state index contributed by atoms with van der Waals surface area (Å²) in [6, 6.07) is 26.2. The highest BCUT2D eigenvalue weighted by atomic mass is 16.7. The Bertz CT molecular complexity index is 1070. The van der Waals surface area contributed by atoms with E-state index in [0.717, 1.165) is 21.5 Å². The Balaban J connectivity index is 1.39. The smallest absolute Gasteiger partial charge is 0.332 e. The lowest BCUT2D eigenvalue weighted by Crippen LogP contribution is -2.25. The molecule has 0 atom stereocenters. The predicted octanol–water partition coefficient (Wildman–Crippen LogP) is 4.43. The third-order valence-electron chi connectivity index (χ3n) is 4.25. The summed E-state index contributed by atoms with van der Waals surface area (Å²) in [5.74, 6) is -2.33. The van der Waals surface area contributed by atoms with E-state index < -0.39 is 11.9 Å². The SMILES string of the molecule is O=C(ONc1cccc2ccccc12)C(=O)ONc1cccc2ccccc12. The fraction of sp³-hybridized carbons (Fsp3) is 0. The molecular weight excluding hydrogens is 356 g/mol. The van der Waals surface area contributed by atoms with E-state index in [2.05, 4.69) is 11.0 Å². The summed E-state index contributed by atoms with van der Waals surface area (Å²) in [5, 5.41) is 3.67. The van der Waals surface area contributed by atoms with Crippen LogP contribution in [-0.4, -0.2) is 11.9 Å². The van der Waals surface area contributed by atoms with Crippen LogP contribution in [0.15, 0.2) is 84.9 Å². The van der Waals surface area contributed by atoms with Gasteiger partial charge in [0.15, 0.2) is 0 Å². The van der Waals surface area contributed by atoms with E-state index in [1.807, 2.05) is 72.8 Å². The van der Waals surface area contributed by atoms with E-state index in [9.17, 15) is 9.59 Å². The van der Waals surface area contributed by atoms with Crippen LogP contribution < -0.4 is 11.0 Å². The quantitative estimate of drug-likeness (QED) is 0.408. The van der Waals surface area contributed by atoms with Crippen molar-refractivity contribution in [3.63, 3.8) is 0 Å². The van der Waals surface area contributed by atoms with E-state index in [1.54, 1.807) is 12.1 Å². The maximum absolute atomic E-state index is 11.9. The van der Waals surface area contributed by atoms with Crippen molar-refractivity contribution in [2.24, 2.45) is 0 Å². The van der Waals surface area contributed by atoms with E-state index in [1.165, 1.54) is 0 Å². The number of rotatable bonds is 4. The molecule has 0 spiro atoms. The fourth-order valence-electron chi connectivity index (χ4n) is 2.91. The van der Waals surface area contributed by atoms with Gasteiger partial charge in [-0.15, -0.1) is 0 Å². The minimum atomic E-state index is -1.17. The molecule has 0 unspecified atom stereocenters. The Hall–Kier alpha value is -4.06. The molecule has 0 aliphatic carbocycles. The van der Waals surface area contributed by atoms with Crippen LogP contribution in [0.3, 0.4) is 0 Å². The summed E-state index contributed by atoms with van der Waals surface area (Å²) in [6.45, 7) is 0. The van der Waals surface area contributed by atoms with Gasteiger partial charge in [-0.3, -0.25) is 0 Å². The summed E-state index contributed by atoms with van der Waals surface area (Å²) in [4.78, 5) is 33.6. The molecule has 6 heteroatoms. The van der Waals surface area contributed by atoms with Crippen molar-refractivity contribution in [2.45, 2.75) is 0 Å². The Morgan fingerprint density at radius 1 is 0.536 bits per heavy atom. The van der Waals surface area contributed by atoms with Gasteiger partial charge in [0.25, 0.3) is 0 Å². The summed E-state index contributed by atoms with van der Waals surface area (Å²) in [7, 11) is 0. The lowest BCUT2D eigenvalue weighted by molar-refractivity contribution is -0.164. The molecule has 0 fully saturated rings. The van der Waals surface area contributed by atoms with Crippen LogP contribution in [0.5, 0.6) is 0 Å². The summed E-state index contributed by atoms with van der Waals surface area (Å²) < 4.78 is 0. The maximum Gasteiger partial charge on any atom is 0.443 e. The zero-order chi connectivity index (χ0) is 19.3. The average Bonchev–Trinajstić information content (AvgIpc) is 2.75. The first-order valence-electron chi connectivity index (χ1n) is 8.62. The van der Waals surface area contributed by atoms with Crippen LogP contribution in [0.1, 0.15) is 0 Å². The molecule has 4 aromatic carbocycles. The Morgan fingerprint density at radius 2 is 0.929 bits per heavy atom. The number of fused-ring (bicyclic) bond motifs is 2. The molecule has 0 aromatic heterocycles. The average molecular weight is 372 g/mol. The summed E-state index contributed by atoms with van der Waals surface area (Å²) in [6.07, 6.45) is 0. The second-order valence-corrected chi connectivity index (χ2v) is 6.04. The number of benzene rings is 4. The predicted molar refractivity (Wildman–Crippen MR) is 107 cm³/mol. The van der Waals surface area contributed by atoms with Crippen molar-refractivity contribution < 1.29 is 19.3 Å². The molecule has 0 amide bonds. The van der Waals surface area contributed by atoms with Crippen molar-refractivity contribution in [2.75, 3.05) is 11.0 Å². The number of anilines is 2. The number of carbonyl (C=O) groups excluding carboxylic acids is 2. The van der Waals surface area contributed by atoms with Crippen molar-refractivity contribution in [1.82, 2.24) is 0 Å². The molecule has 4 aromatic rings. The molecule has 0 bridgehead atoms. The van der Waals surface area contributed by atoms with Crippen molar-refractivity contribution in [3.05, 3.63) is 84.9 Å². The highest BCUT2D eigenvalue weighted by Crippen LogP contribution is 2.24. The van der Waals surface area contributed by atoms with Crippen LogP contribution in [0.2, 0.25) is 0 Å². The number of hydrogen-bond acceptors (Lipinski definition) is 6. The summed E-state index contributed by atoms with van der Waals surface area (Å²) in [5.41, 5.74) is 6.18. The molecular formula is C22H16N2O4. The van der Waals surface area contributed by atoms with Gasteiger partial charge >= 0.3 is 11.9 Å². The number of hydrogen-bond donors (Lipinski definition) is 2. The second-order valence-electron chi connectivity index (χ2n) is 6.04. The molecule has 2 N–H and O–H groups in total. The minimum Gasteiger partial charge on any atom is -0.332 e. The molecule has 28 heavy (non-hydrogen) atoms. The van der Waals surface area contributed by atoms with Gasteiger partial charge in [0.05, 0.1) is 11.4 Å². The van der Waals surface area contributed by atoms with E-state index in [-0.39, 0.29) is 0 Å². The normalized spacial score (nSPS) is 10.4. The molecule has 0 radical (unpaired) electrons. The van der Waals surface area contributed by atoms with Crippen molar-refractivity contribution >= 4 is 44.9 Å². The maximum atomic E-state index is 11.9. The van der Waals surface area contributed by atoms with Crippen molar-refractivity contribution in [1.29, 1.82) is 0 Å². The number of nitrogens with one attached hydrogen (secondary N) is 2. The molecule has 0 aliphatic rings. The van der Waals surface area contributed by atoms with E-state index in [4.69, 9.17) is 9.68 Å². The first kappa shape index (κ1) is 17.4. The van der Waals surface area contributed by atoms with E-state index >= 15 is 0 Å². The third kappa shape index (κ3) is 3.57. The molecule has 0 saturated carbocycles. The number of carbonyl (C=O) groups is 2. The van der Waals surface area contributed by atoms with Gasteiger partial charge in [-0.1, -0.05) is 72.8 Å². The van der Waals surface area contributed by atoms with E-state index in [0.29, 0.717) is 11.4 Å². The van der Waals surface area contributed by atoms with Crippen molar-refractivity contribution in [3.8, 4) is 0 Å². The van der Waals surface area contributed by atoms with Crippen LogP contribution in [0.4, 0.5) is 11.4 Å². The van der Waals surface area contributed by atoms with Gasteiger partial charge in [-0.05, 0) is 22.9 Å². The monoisotopic (exact) mass is 372 g/mol. The zero-order valence-corrected chi connectivity index (χ0v) is 14.7. The molecule has 0 saturated heterocycles. The second kappa shape index (κ2) is 7.67. The topological polar surface area (TPSA) is 76.7 Å². The summed E-state index contributed by atoms with van der Waals surface area (Å²) >= 11 is 0. The molecule has 4 rings (SSSR count). The first-order valence-corrected chi connectivity index (χ1v) is 8.62. The van der Waals surface area contributed by atoms with Crippen LogP contribution in [-0.2, 0) is 19.3 Å². The third-order valence-corrected chi connectivity index (χ3v) is 4.25. The van der Waals surface area contributed by atoms with Gasteiger partial charge < -0.3 is 9.68 Å². The highest BCUT2D eigenvalue weighted by molar-refractivity contribution is 6.30. The lowest BCUT2D eigenvalue weighted by atomic mass is 10.1. The van der Waals surface area contributed by atoms with Crippen LogP contribution >= 0.6 is 0 Å². The van der Waals surface area contributed by atoms with Gasteiger partial charge in [0, 0.05) is 10.8 Å². The Kier molecular flexibility index (Phi) is 4.76. The molecule has 6 nitrogen and oxygen atoms in total. The fourth-order valence-corrected chi connectivity index (χ4v) is 2.91. The Labute approximate surface area is 160 Å². The molecule has 0 heterocycles. The molecule has 0 aliphatic heterocycles. The van der Waals surface area contributed by atoms with Gasteiger partial charge in [0.1, 0.15) is 0 Å². The molecule has 138 valence electrons. The lowest BCUT2D eigenvalue weighted by Gasteiger charge is -2.11. The Morgan fingerprint density at radius 3 is 1.39 bits per heavy atom. The van der Waals surface area contributed by atoms with Gasteiger partial charge in [-0.25, -0.2) is 20.5 Å². The minimum absolute atomic E-state index is 0.571. The van der Waals surface area contributed by atoms with Crippen LogP contribution in [0.25, 0.3) is 21.5 Å².